The van der Waals surface area contributed by atoms with Crippen LogP contribution in [-0.2, 0) is 0 Å². The van der Waals surface area contributed by atoms with Crippen molar-refractivity contribution >= 4 is 0 Å². The molecule has 0 amide bonds. The van der Waals surface area contributed by atoms with Crippen LogP contribution in [0.5, 0.6) is 0 Å². The van der Waals surface area contributed by atoms with Crippen molar-refractivity contribution in [2.45, 2.75) is 46.5 Å². The molecule has 0 bridgehead atoms. The standard InChI is InChI=1S/C11H18/c1-9(2)7-10(3)8-11-5-4-6-11/h9H,4-7H2,1-3H3. The molecular weight excluding hydrogens is 132 g/mol. The van der Waals surface area contributed by atoms with Gasteiger partial charge in [0.25, 0.3) is 0 Å². The monoisotopic (exact) mass is 150 g/mol. The minimum absolute atomic E-state index is 0.781. The van der Waals surface area contributed by atoms with Crippen LogP contribution in [0.3, 0.4) is 0 Å². The highest BCUT2D eigenvalue weighted by molar-refractivity contribution is 5.13. The Balaban J connectivity index is 2.50. The first-order chi connectivity index (χ1) is 5.18. The molecule has 1 saturated carbocycles. The zero-order valence-corrected chi connectivity index (χ0v) is 7.91. The second-order valence-corrected chi connectivity index (χ2v) is 3.96. The van der Waals surface area contributed by atoms with E-state index in [4.69, 9.17) is 0 Å². The maximum absolute atomic E-state index is 3.48. The van der Waals surface area contributed by atoms with Gasteiger partial charge in [-0.15, -0.1) is 5.73 Å². The fourth-order valence-electron chi connectivity index (χ4n) is 1.44. The molecule has 1 fully saturated rings. The largest absolute Gasteiger partial charge is 0.123 e. The number of rotatable bonds is 2. The normalized spacial score (nSPS) is 16.2. The maximum atomic E-state index is 3.48. The van der Waals surface area contributed by atoms with Crippen LogP contribution in [0, 0.1) is 5.92 Å². The van der Waals surface area contributed by atoms with E-state index in [1.165, 1.54) is 31.3 Å². The van der Waals surface area contributed by atoms with Crippen LogP contribution in [0.25, 0.3) is 0 Å². The van der Waals surface area contributed by atoms with E-state index in [1.54, 1.807) is 5.57 Å². The molecule has 0 N–H and O–H groups in total. The lowest BCUT2D eigenvalue weighted by atomic mass is 9.92. The molecule has 11 heavy (non-hydrogen) atoms. The van der Waals surface area contributed by atoms with E-state index < -0.39 is 0 Å². The summed E-state index contributed by atoms with van der Waals surface area (Å²) in [4.78, 5) is 0. The second-order valence-electron chi connectivity index (χ2n) is 3.96. The lowest BCUT2D eigenvalue weighted by Gasteiger charge is -2.13. The zero-order valence-electron chi connectivity index (χ0n) is 7.91. The van der Waals surface area contributed by atoms with E-state index >= 15 is 0 Å². The van der Waals surface area contributed by atoms with E-state index in [2.05, 4.69) is 26.5 Å². The lowest BCUT2D eigenvalue weighted by Crippen LogP contribution is -1.95. The van der Waals surface area contributed by atoms with Crippen molar-refractivity contribution in [3.63, 3.8) is 0 Å². The Hall–Kier alpha value is -0.480. The third kappa shape index (κ3) is 2.95. The average molecular weight is 150 g/mol. The molecule has 0 aromatic carbocycles. The van der Waals surface area contributed by atoms with Crippen LogP contribution in [0.15, 0.2) is 16.9 Å². The molecule has 62 valence electrons. The van der Waals surface area contributed by atoms with E-state index in [0.29, 0.717) is 0 Å². The predicted octanol–water partition coefficient (Wildman–Crippen LogP) is 3.69. The number of hydrogen-bond acceptors (Lipinski definition) is 0. The van der Waals surface area contributed by atoms with Crippen LogP contribution in [0.2, 0.25) is 0 Å². The van der Waals surface area contributed by atoms with Gasteiger partial charge in [0.1, 0.15) is 0 Å². The summed E-state index contributed by atoms with van der Waals surface area (Å²) in [7, 11) is 0. The second kappa shape index (κ2) is 3.78. The number of hydrogen-bond donors (Lipinski definition) is 0. The first-order valence-electron chi connectivity index (χ1n) is 4.62. The molecule has 1 rings (SSSR count). The maximum Gasteiger partial charge on any atom is -0.0223 e. The Morgan fingerprint density at radius 2 is 2.09 bits per heavy atom. The van der Waals surface area contributed by atoms with Crippen molar-refractivity contribution < 1.29 is 0 Å². The zero-order chi connectivity index (χ0) is 8.27. The summed E-state index contributed by atoms with van der Waals surface area (Å²) in [6, 6.07) is 0. The van der Waals surface area contributed by atoms with Crippen LogP contribution in [0.4, 0.5) is 0 Å². The van der Waals surface area contributed by atoms with Gasteiger partial charge in [-0.05, 0) is 49.7 Å². The Kier molecular flexibility index (Phi) is 2.96. The summed E-state index contributed by atoms with van der Waals surface area (Å²) in [6.45, 7) is 6.72. The Morgan fingerprint density at radius 1 is 1.45 bits per heavy atom. The fourth-order valence-corrected chi connectivity index (χ4v) is 1.44. The van der Waals surface area contributed by atoms with E-state index in [0.717, 1.165) is 5.92 Å². The van der Waals surface area contributed by atoms with E-state index in [-0.39, 0.29) is 0 Å². The van der Waals surface area contributed by atoms with Crippen LogP contribution in [0.1, 0.15) is 46.5 Å². The molecular formula is C11H18. The summed E-state index contributed by atoms with van der Waals surface area (Å²) in [5.41, 5.74) is 6.47. The van der Waals surface area contributed by atoms with Crippen molar-refractivity contribution in [1.29, 1.82) is 0 Å². The minimum Gasteiger partial charge on any atom is -0.123 e. The van der Waals surface area contributed by atoms with Gasteiger partial charge in [-0.2, -0.15) is 0 Å². The van der Waals surface area contributed by atoms with Gasteiger partial charge in [0.05, 0.1) is 0 Å². The average Bonchev–Trinajstić information content (AvgIpc) is 1.77. The van der Waals surface area contributed by atoms with Gasteiger partial charge in [0.2, 0.25) is 0 Å². The Bertz CT molecular complexity index is 184. The summed E-state index contributed by atoms with van der Waals surface area (Å²) in [5, 5.41) is 0. The van der Waals surface area contributed by atoms with Gasteiger partial charge in [0, 0.05) is 0 Å². The highest BCUT2D eigenvalue weighted by Gasteiger charge is 2.06. The highest BCUT2D eigenvalue weighted by Crippen LogP contribution is 2.24. The SMILES string of the molecule is CC(=C=C1CCC1)CC(C)C. The predicted molar refractivity (Wildman–Crippen MR) is 49.5 cm³/mol. The van der Waals surface area contributed by atoms with Crippen molar-refractivity contribution in [3.8, 4) is 0 Å². The lowest BCUT2D eigenvalue weighted by molar-refractivity contribution is 0.636. The molecule has 0 heterocycles. The van der Waals surface area contributed by atoms with Crippen LogP contribution < -0.4 is 0 Å². The van der Waals surface area contributed by atoms with Crippen LogP contribution >= 0.6 is 0 Å². The van der Waals surface area contributed by atoms with Gasteiger partial charge in [-0.25, -0.2) is 0 Å². The Morgan fingerprint density at radius 3 is 2.45 bits per heavy atom. The molecule has 0 radical (unpaired) electrons. The third-order valence-corrected chi connectivity index (χ3v) is 2.06. The molecule has 0 aromatic rings. The minimum atomic E-state index is 0.781. The molecule has 0 spiro atoms. The number of allylic oxidation sites excluding steroid dienone is 1. The van der Waals surface area contributed by atoms with E-state index in [1.807, 2.05) is 0 Å². The summed E-state index contributed by atoms with van der Waals surface area (Å²) in [5.74, 6) is 0.781. The molecule has 0 atom stereocenters. The molecule has 1 aliphatic carbocycles. The van der Waals surface area contributed by atoms with Crippen molar-refractivity contribution in [2.75, 3.05) is 0 Å². The summed E-state index contributed by atoms with van der Waals surface area (Å²) >= 11 is 0. The molecule has 0 saturated heterocycles. The molecule has 0 aromatic heterocycles. The fraction of sp³-hybridized carbons (Fsp3) is 0.727. The molecule has 0 nitrogen and oxygen atoms in total. The quantitative estimate of drug-likeness (QED) is 0.527. The van der Waals surface area contributed by atoms with Crippen molar-refractivity contribution in [1.82, 2.24) is 0 Å². The molecule has 0 unspecified atom stereocenters. The van der Waals surface area contributed by atoms with Gasteiger partial charge in [-0.3, -0.25) is 0 Å². The topological polar surface area (TPSA) is 0 Å². The first-order valence-corrected chi connectivity index (χ1v) is 4.62. The molecule has 0 heteroatoms. The van der Waals surface area contributed by atoms with Gasteiger partial charge in [0.15, 0.2) is 0 Å². The third-order valence-electron chi connectivity index (χ3n) is 2.06. The summed E-state index contributed by atoms with van der Waals surface area (Å²) in [6.07, 6.45) is 5.20. The summed E-state index contributed by atoms with van der Waals surface area (Å²) < 4.78 is 0. The van der Waals surface area contributed by atoms with Crippen molar-refractivity contribution in [2.24, 2.45) is 5.92 Å². The Labute approximate surface area is 70.0 Å². The molecule has 1 aliphatic rings. The van der Waals surface area contributed by atoms with E-state index in [9.17, 15) is 0 Å². The first kappa shape index (κ1) is 8.62. The van der Waals surface area contributed by atoms with Gasteiger partial charge in [-0.1, -0.05) is 13.8 Å². The molecule has 0 aliphatic heterocycles. The smallest absolute Gasteiger partial charge is 0.0223 e. The van der Waals surface area contributed by atoms with Crippen molar-refractivity contribution in [3.05, 3.63) is 16.9 Å². The van der Waals surface area contributed by atoms with Crippen LogP contribution in [-0.4, -0.2) is 0 Å². The van der Waals surface area contributed by atoms with Gasteiger partial charge >= 0.3 is 0 Å². The van der Waals surface area contributed by atoms with Gasteiger partial charge < -0.3 is 0 Å². The highest BCUT2D eigenvalue weighted by atomic mass is 14.1.